The van der Waals surface area contributed by atoms with E-state index in [1.54, 1.807) is 16.2 Å². The van der Waals surface area contributed by atoms with Crippen LogP contribution in [-0.2, 0) is 11.3 Å². The molecule has 5 heteroatoms. The smallest absolute Gasteiger partial charge is 0.228 e. The highest BCUT2D eigenvalue weighted by atomic mass is 79.9. The largest absolute Gasteiger partial charge is 0.340 e. The molecule has 0 fully saturated rings. The predicted molar refractivity (Wildman–Crippen MR) is 75.9 cm³/mol. The molecule has 1 heterocycles. The van der Waals surface area contributed by atoms with Crippen LogP contribution in [0.25, 0.3) is 0 Å². The molecule has 0 radical (unpaired) electrons. The van der Waals surface area contributed by atoms with Crippen LogP contribution in [0.4, 0.5) is 0 Å². The summed E-state index contributed by atoms with van der Waals surface area (Å²) >= 11 is 5.07. The van der Waals surface area contributed by atoms with E-state index in [-0.39, 0.29) is 11.3 Å². The molecular weight excluding hydrogens is 300 g/mol. The van der Waals surface area contributed by atoms with Crippen LogP contribution in [0.1, 0.15) is 25.1 Å². The second kappa shape index (κ2) is 5.98. The van der Waals surface area contributed by atoms with Crippen molar-refractivity contribution in [2.24, 2.45) is 11.1 Å². The summed E-state index contributed by atoms with van der Waals surface area (Å²) in [4.78, 5) is 15.2. The second-order valence-electron chi connectivity index (χ2n) is 4.82. The van der Waals surface area contributed by atoms with Crippen LogP contribution >= 0.6 is 27.3 Å². The number of nitrogens with two attached hydrogens (primary N) is 1. The summed E-state index contributed by atoms with van der Waals surface area (Å²) in [6.07, 6.45) is 0.713. The van der Waals surface area contributed by atoms with E-state index in [1.165, 1.54) is 4.88 Å². The van der Waals surface area contributed by atoms with Gasteiger partial charge in [0.2, 0.25) is 5.91 Å². The minimum Gasteiger partial charge on any atom is -0.340 e. The van der Waals surface area contributed by atoms with Gasteiger partial charge in [0.05, 0.1) is 6.54 Å². The SMILES string of the molecule is CN(Cc1cc(Br)cs1)C(=O)C(C)(C)CCN. The first-order chi connectivity index (χ1) is 7.86. The van der Waals surface area contributed by atoms with Crippen molar-refractivity contribution in [1.82, 2.24) is 4.90 Å². The Bertz CT molecular complexity index is 390. The molecule has 0 spiro atoms. The van der Waals surface area contributed by atoms with E-state index < -0.39 is 0 Å². The van der Waals surface area contributed by atoms with Gasteiger partial charge in [-0.1, -0.05) is 13.8 Å². The van der Waals surface area contributed by atoms with Gasteiger partial charge >= 0.3 is 0 Å². The van der Waals surface area contributed by atoms with E-state index in [9.17, 15) is 4.79 Å². The molecule has 17 heavy (non-hydrogen) atoms. The molecule has 1 rings (SSSR count). The molecule has 0 saturated carbocycles. The van der Waals surface area contributed by atoms with Gasteiger partial charge < -0.3 is 10.6 Å². The summed E-state index contributed by atoms with van der Waals surface area (Å²) in [6.45, 7) is 5.09. The molecule has 1 aromatic rings. The zero-order valence-electron chi connectivity index (χ0n) is 10.5. The highest BCUT2D eigenvalue weighted by Gasteiger charge is 2.29. The van der Waals surface area contributed by atoms with E-state index in [1.807, 2.05) is 32.3 Å². The van der Waals surface area contributed by atoms with Crippen molar-refractivity contribution in [2.75, 3.05) is 13.6 Å². The standard InChI is InChI=1S/C12H19BrN2OS/c1-12(2,4-5-14)11(16)15(3)7-10-6-9(13)8-17-10/h6,8H,4-5,7,14H2,1-3H3. The van der Waals surface area contributed by atoms with Gasteiger partial charge in [-0.15, -0.1) is 11.3 Å². The molecule has 0 bridgehead atoms. The van der Waals surface area contributed by atoms with Gasteiger partial charge in [0, 0.05) is 27.2 Å². The molecule has 0 aromatic carbocycles. The van der Waals surface area contributed by atoms with Crippen molar-refractivity contribution in [3.05, 3.63) is 20.8 Å². The van der Waals surface area contributed by atoms with Crippen molar-refractivity contribution in [2.45, 2.75) is 26.8 Å². The summed E-state index contributed by atoms with van der Waals surface area (Å²) in [7, 11) is 1.84. The number of carbonyl (C=O) groups excluding carboxylic acids is 1. The van der Waals surface area contributed by atoms with Crippen LogP contribution in [0.5, 0.6) is 0 Å². The minimum absolute atomic E-state index is 0.146. The fraction of sp³-hybridized carbons (Fsp3) is 0.583. The van der Waals surface area contributed by atoms with Gasteiger partial charge in [-0.2, -0.15) is 0 Å². The van der Waals surface area contributed by atoms with Crippen molar-refractivity contribution in [1.29, 1.82) is 0 Å². The molecule has 0 aliphatic carbocycles. The van der Waals surface area contributed by atoms with E-state index in [0.29, 0.717) is 19.5 Å². The molecule has 96 valence electrons. The monoisotopic (exact) mass is 318 g/mol. The Morgan fingerprint density at radius 2 is 2.24 bits per heavy atom. The van der Waals surface area contributed by atoms with E-state index in [0.717, 1.165) is 4.47 Å². The van der Waals surface area contributed by atoms with Gasteiger partial charge in [0.1, 0.15) is 0 Å². The number of rotatable bonds is 5. The first-order valence-corrected chi connectivity index (χ1v) is 7.22. The van der Waals surface area contributed by atoms with E-state index >= 15 is 0 Å². The third-order valence-corrected chi connectivity index (χ3v) is 4.39. The maximum absolute atomic E-state index is 12.2. The summed E-state index contributed by atoms with van der Waals surface area (Å²) < 4.78 is 1.07. The molecular formula is C12H19BrN2OS. The van der Waals surface area contributed by atoms with Crippen molar-refractivity contribution in [3.63, 3.8) is 0 Å². The summed E-state index contributed by atoms with van der Waals surface area (Å²) in [5.74, 6) is 0.146. The summed E-state index contributed by atoms with van der Waals surface area (Å²) in [5.41, 5.74) is 5.16. The molecule has 0 atom stereocenters. The van der Waals surface area contributed by atoms with Crippen LogP contribution in [0.2, 0.25) is 0 Å². The van der Waals surface area contributed by atoms with Gasteiger partial charge in [0.25, 0.3) is 0 Å². The Labute approximate surface area is 115 Å². The lowest BCUT2D eigenvalue weighted by Crippen LogP contribution is -2.39. The molecule has 2 N–H and O–H groups in total. The molecule has 0 saturated heterocycles. The summed E-state index contributed by atoms with van der Waals surface area (Å²) in [6, 6.07) is 2.05. The van der Waals surface area contributed by atoms with Gasteiger partial charge in [-0.05, 0) is 35.0 Å². The fourth-order valence-corrected chi connectivity index (χ4v) is 3.23. The summed E-state index contributed by atoms with van der Waals surface area (Å²) in [5, 5.41) is 2.03. The quantitative estimate of drug-likeness (QED) is 0.907. The number of amides is 1. The Morgan fingerprint density at radius 3 is 2.71 bits per heavy atom. The Balaban J connectivity index is 2.64. The highest BCUT2D eigenvalue weighted by Crippen LogP contribution is 2.25. The minimum atomic E-state index is -0.377. The Kier molecular flexibility index (Phi) is 5.16. The first-order valence-electron chi connectivity index (χ1n) is 5.55. The molecule has 1 amide bonds. The lowest BCUT2D eigenvalue weighted by Gasteiger charge is -2.28. The van der Waals surface area contributed by atoms with Crippen LogP contribution in [0, 0.1) is 5.41 Å². The lowest BCUT2D eigenvalue weighted by molar-refractivity contribution is -0.139. The van der Waals surface area contributed by atoms with Crippen molar-refractivity contribution < 1.29 is 4.79 Å². The van der Waals surface area contributed by atoms with Crippen LogP contribution in [-0.4, -0.2) is 24.4 Å². The third kappa shape index (κ3) is 4.08. The zero-order valence-corrected chi connectivity index (χ0v) is 12.9. The van der Waals surface area contributed by atoms with Gasteiger partial charge in [-0.3, -0.25) is 4.79 Å². The number of thiophene rings is 1. The normalized spacial score (nSPS) is 11.6. The number of halogens is 1. The Morgan fingerprint density at radius 1 is 1.59 bits per heavy atom. The molecule has 0 unspecified atom stereocenters. The second-order valence-corrected chi connectivity index (χ2v) is 6.73. The molecule has 3 nitrogen and oxygen atoms in total. The Hall–Kier alpha value is -0.390. The number of carbonyl (C=O) groups is 1. The molecule has 0 aliphatic heterocycles. The van der Waals surface area contributed by atoms with Gasteiger partial charge in [0.15, 0.2) is 0 Å². The maximum Gasteiger partial charge on any atom is 0.228 e. The van der Waals surface area contributed by atoms with Crippen LogP contribution in [0.15, 0.2) is 15.9 Å². The van der Waals surface area contributed by atoms with Crippen molar-refractivity contribution in [3.8, 4) is 0 Å². The topological polar surface area (TPSA) is 46.3 Å². The number of hydrogen-bond donors (Lipinski definition) is 1. The average Bonchev–Trinajstić information content (AvgIpc) is 2.62. The van der Waals surface area contributed by atoms with Crippen molar-refractivity contribution >= 4 is 33.2 Å². The third-order valence-electron chi connectivity index (χ3n) is 2.71. The fourth-order valence-electron chi connectivity index (χ4n) is 1.73. The van der Waals surface area contributed by atoms with Crippen LogP contribution in [0.3, 0.4) is 0 Å². The van der Waals surface area contributed by atoms with Gasteiger partial charge in [-0.25, -0.2) is 0 Å². The van der Waals surface area contributed by atoms with Crippen LogP contribution < -0.4 is 5.73 Å². The number of nitrogens with zero attached hydrogens (tertiary/aromatic N) is 1. The van der Waals surface area contributed by atoms with E-state index in [4.69, 9.17) is 5.73 Å². The first kappa shape index (κ1) is 14.7. The zero-order chi connectivity index (χ0) is 13.1. The lowest BCUT2D eigenvalue weighted by atomic mass is 9.88. The molecule has 0 aliphatic rings. The average molecular weight is 319 g/mol. The highest BCUT2D eigenvalue weighted by molar-refractivity contribution is 9.10. The maximum atomic E-state index is 12.2. The predicted octanol–water partition coefficient (Wildman–Crippen LogP) is 2.84. The van der Waals surface area contributed by atoms with E-state index in [2.05, 4.69) is 15.9 Å². The molecule has 1 aromatic heterocycles. The number of hydrogen-bond acceptors (Lipinski definition) is 3.